The molecule has 1 amide bonds. The minimum atomic E-state index is -0.522. The van der Waals surface area contributed by atoms with Gasteiger partial charge in [0.15, 0.2) is 0 Å². The van der Waals surface area contributed by atoms with Crippen LogP contribution in [0.1, 0.15) is 5.56 Å². The average Bonchev–Trinajstić information content (AvgIpc) is 2.49. The third-order valence-corrected chi connectivity index (χ3v) is 4.28. The van der Waals surface area contributed by atoms with Gasteiger partial charge in [0.1, 0.15) is 11.6 Å². The first-order valence-corrected chi connectivity index (χ1v) is 7.97. The summed E-state index contributed by atoms with van der Waals surface area (Å²) in [5.41, 5.74) is 1.20. The monoisotopic (exact) mass is 442 g/mol. The summed E-state index contributed by atoms with van der Waals surface area (Å²) in [5.74, 6) is -0.522. The van der Waals surface area contributed by atoms with Gasteiger partial charge in [-0.05, 0) is 58.5 Å². The highest BCUT2D eigenvalue weighted by molar-refractivity contribution is 14.1. The SMILES string of the molecule is N#C/C(=C/c1ccccc1I)C(=O)Nc1ccc(Cl)cc1Cl. The van der Waals surface area contributed by atoms with E-state index in [1.165, 1.54) is 6.07 Å². The quantitative estimate of drug-likeness (QED) is 0.406. The van der Waals surface area contributed by atoms with Crippen LogP contribution in [0.3, 0.4) is 0 Å². The lowest BCUT2D eigenvalue weighted by Crippen LogP contribution is -2.13. The summed E-state index contributed by atoms with van der Waals surface area (Å²) >= 11 is 14.0. The van der Waals surface area contributed by atoms with Crippen LogP contribution in [0.4, 0.5) is 5.69 Å². The van der Waals surface area contributed by atoms with Crippen molar-refractivity contribution < 1.29 is 4.79 Å². The fraction of sp³-hybridized carbons (Fsp3) is 0. The molecular formula is C16H9Cl2IN2O. The Morgan fingerprint density at radius 1 is 1.23 bits per heavy atom. The molecule has 0 saturated carbocycles. The topological polar surface area (TPSA) is 52.9 Å². The van der Waals surface area contributed by atoms with Crippen molar-refractivity contribution >= 4 is 63.5 Å². The Hall–Kier alpha value is -1.55. The molecule has 0 heterocycles. The maximum atomic E-state index is 12.2. The van der Waals surface area contributed by atoms with E-state index in [0.717, 1.165) is 9.13 Å². The Labute approximate surface area is 151 Å². The molecule has 0 unspecified atom stereocenters. The molecule has 6 heteroatoms. The van der Waals surface area contributed by atoms with Crippen LogP contribution < -0.4 is 5.32 Å². The van der Waals surface area contributed by atoms with Crippen molar-refractivity contribution in [1.29, 1.82) is 5.26 Å². The lowest BCUT2D eigenvalue weighted by Gasteiger charge is -2.07. The lowest BCUT2D eigenvalue weighted by atomic mass is 10.1. The maximum absolute atomic E-state index is 12.2. The number of benzene rings is 2. The van der Waals surface area contributed by atoms with Crippen molar-refractivity contribution in [3.05, 3.63) is 67.2 Å². The summed E-state index contributed by atoms with van der Waals surface area (Å²) in [4.78, 5) is 12.2. The fourth-order valence-corrected chi connectivity index (χ4v) is 2.68. The van der Waals surface area contributed by atoms with Crippen LogP contribution in [0.2, 0.25) is 10.0 Å². The maximum Gasteiger partial charge on any atom is 0.266 e. The van der Waals surface area contributed by atoms with Crippen LogP contribution >= 0.6 is 45.8 Å². The number of halogens is 3. The first kappa shape index (κ1) is 16.8. The molecule has 0 spiro atoms. The zero-order valence-corrected chi connectivity index (χ0v) is 14.8. The molecule has 1 N–H and O–H groups in total. The van der Waals surface area contributed by atoms with Gasteiger partial charge in [0.25, 0.3) is 5.91 Å². The van der Waals surface area contributed by atoms with E-state index >= 15 is 0 Å². The van der Waals surface area contributed by atoms with Crippen molar-refractivity contribution in [3.8, 4) is 6.07 Å². The van der Waals surface area contributed by atoms with E-state index in [9.17, 15) is 10.1 Å². The van der Waals surface area contributed by atoms with Gasteiger partial charge in [-0.1, -0.05) is 41.4 Å². The van der Waals surface area contributed by atoms with Gasteiger partial charge in [0, 0.05) is 8.59 Å². The van der Waals surface area contributed by atoms with E-state index in [1.807, 2.05) is 30.3 Å². The van der Waals surface area contributed by atoms with Gasteiger partial charge in [-0.2, -0.15) is 5.26 Å². The van der Waals surface area contributed by atoms with Crippen molar-refractivity contribution in [2.45, 2.75) is 0 Å². The number of carbonyl (C=O) groups excluding carboxylic acids is 1. The molecule has 110 valence electrons. The summed E-state index contributed by atoms with van der Waals surface area (Å²) < 4.78 is 0.949. The first-order valence-electron chi connectivity index (χ1n) is 6.14. The van der Waals surface area contributed by atoms with Gasteiger partial charge < -0.3 is 5.32 Å². The molecular weight excluding hydrogens is 434 g/mol. The third kappa shape index (κ3) is 4.23. The van der Waals surface area contributed by atoms with Gasteiger partial charge in [0.2, 0.25) is 0 Å². The van der Waals surface area contributed by atoms with Crippen molar-refractivity contribution in [3.63, 3.8) is 0 Å². The van der Waals surface area contributed by atoms with E-state index in [2.05, 4.69) is 27.9 Å². The Morgan fingerprint density at radius 3 is 2.59 bits per heavy atom. The van der Waals surface area contributed by atoms with E-state index < -0.39 is 5.91 Å². The van der Waals surface area contributed by atoms with Crippen LogP contribution in [0.25, 0.3) is 6.08 Å². The Bertz CT molecular complexity index is 797. The normalized spacial score (nSPS) is 10.9. The zero-order valence-electron chi connectivity index (χ0n) is 11.1. The highest BCUT2D eigenvalue weighted by atomic mass is 127. The predicted molar refractivity (Wildman–Crippen MR) is 97.8 cm³/mol. The minimum Gasteiger partial charge on any atom is -0.320 e. The molecule has 2 rings (SSSR count). The average molecular weight is 443 g/mol. The van der Waals surface area contributed by atoms with E-state index in [-0.39, 0.29) is 5.57 Å². The molecule has 22 heavy (non-hydrogen) atoms. The summed E-state index contributed by atoms with van der Waals surface area (Å²) in [7, 11) is 0. The highest BCUT2D eigenvalue weighted by Gasteiger charge is 2.12. The van der Waals surface area contributed by atoms with E-state index in [0.29, 0.717) is 15.7 Å². The number of carbonyl (C=O) groups is 1. The smallest absolute Gasteiger partial charge is 0.266 e. The van der Waals surface area contributed by atoms with Gasteiger partial charge >= 0.3 is 0 Å². The number of rotatable bonds is 3. The molecule has 0 bridgehead atoms. The number of nitrogens with one attached hydrogen (secondary N) is 1. The van der Waals surface area contributed by atoms with Gasteiger partial charge in [-0.25, -0.2) is 0 Å². The highest BCUT2D eigenvalue weighted by Crippen LogP contribution is 2.26. The number of hydrogen-bond donors (Lipinski definition) is 1. The molecule has 2 aromatic carbocycles. The van der Waals surface area contributed by atoms with E-state index in [1.54, 1.807) is 18.2 Å². The number of hydrogen-bond acceptors (Lipinski definition) is 2. The van der Waals surface area contributed by atoms with Gasteiger partial charge in [-0.15, -0.1) is 0 Å². The first-order chi connectivity index (χ1) is 10.5. The second-order valence-electron chi connectivity index (χ2n) is 4.27. The molecule has 0 aliphatic heterocycles. The van der Waals surface area contributed by atoms with Gasteiger partial charge in [-0.3, -0.25) is 4.79 Å². The predicted octanol–water partition coefficient (Wildman–Crippen LogP) is 5.14. The zero-order chi connectivity index (χ0) is 16.1. The number of amides is 1. The van der Waals surface area contributed by atoms with Gasteiger partial charge in [0.05, 0.1) is 10.7 Å². The molecule has 0 aromatic heterocycles. The lowest BCUT2D eigenvalue weighted by molar-refractivity contribution is -0.112. The summed E-state index contributed by atoms with van der Waals surface area (Å²) in [6.45, 7) is 0. The number of anilines is 1. The van der Waals surface area contributed by atoms with Crippen molar-refractivity contribution in [2.75, 3.05) is 5.32 Å². The van der Waals surface area contributed by atoms with E-state index in [4.69, 9.17) is 23.2 Å². The molecule has 3 nitrogen and oxygen atoms in total. The Balaban J connectivity index is 2.27. The standard InChI is InChI=1S/C16H9Cl2IN2O/c17-12-5-6-15(13(18)8-12)21-16(22)11(9-20)7-10-3-1-2-4-14(10)19/h1-8H,(H,21,22)/b11-7-. The molecule has 0 saturated heterocycles. The second-order valence-corrected chi connectivity index (χ2v) is 6.28. The molecule has 0 atom stereocenters. The summed E-state index contributed by atoms with van der Waals surface area (Å²) in [6, 6.07) is 14.1. The van der Waals surface area contributed by atoms with Crippen LogP contribution in [0.15, 0.2) is 48.0 Å². The molecule has 2 aromatic rings. The van der Waals surface area contributed by atoms with Crippen LogP contribution in [0.5, 0.6) is 0 Å². The van der Waals surface area contributed by atoms with Crippen molar-refractivity contribution in [2.24, 2.45) is 0 Å². The fourth-order valence-electron chi connectivity index (χ4n) is 1.68. The minimum absolute atomic E-state index is 0.00451. The number of nitrogens with zero attached hydrogens (tertiary/aromatic N) is 1. The Kier molecular flexibility index (Phi) is 5.83. The summed E-state index contributed by atoms with van der Waals surface area (Å²) in [6.07, 6.45) is 1.54. The second kappa shape index (κ2) is 7.63. The van der Waals surface area contributed by atoms with Crippen LogP contribution in [-0.4, -0.2) is 5.91 Å². The molecule has 0 radical (unpaired) electrons. The van der Waals surface area contributed by atoms with Crippen LogP contribution in [-0.2, 0) is 4.79 Å². The third-order valence-electron chi connectivity index (χ3n) is 2.75. The van der Waals surface area contributed by atoms with Crippen molar-refractivity contribution in [1.82, 2.24) is 0 Å². The van der Waals surface area contributed by atoms with Crippen LogP contribution in [0, 0.1) is 14.9 Å². The summed E-state index contributed by atoms with van der Waals surface area (Å²) in [5, 5.41) is 12.6. The molecule has 0 aliphatic rings. The molecule has 0 fully saturated rings. The largest absolute Gasteiger partial charge is 0.320 e. The number of nitriles is 1. The molecule has 0 aliphatic carbocycles. The Morgan fingerprint density at radius 2 is 1.95 bits per heavy atom.